The van der Waals surface area contributed by atoms with Gasteiger partial charge in [0.25, 0.3) is 11.8 Å². The van der Waals surface area contributed by atoms with E-state index in [0.29, 0.717) is 37.3 Å². The number of nitrogens with one attached hydrogen (secondary N) is 3. The maximum Gasteiger partial charge on any atom is 0.265 e. The summed E-state index contributed by atoms with van der Waals surface area (Å²) in [6.45, 7) is 11.2. The molecule has 0 radical (unpaired) electrons. The van der Waals surface area contributed by atoms with E-state index in [1.165, 1.54) is 5.56 Å². The molecule has 2 aliphatic rings. The molecule has 5 rings (SSSR count). The highest BCUT2D eigenvalue weighted by Gasteiger charge is 2.36. The number of benzene rings is 3. The van der Waals surface area contributed by atoms with Crippen LogP contribution in [0.25, 0.3) is 5.57 Å². The van der Waals surface area contributed by atoms with Gasteiger partial charge in [0.1, 0.15) is 0 Å². The van der Waals surface area contributed by atoms with E-state index in [1.807, 2.05) is 67.1 Å². The molecule has 0 bridgehead atoms. The van der Waals surface area contributed by atoms with E-state index < -0.39 is 0 Å². The van der Waals surface area contributed by atoms with Crippen LogP contribution in [0.5, 0.6) is 0 Å². The Bertz CT molecular complexity index is 1510. The molecule has 1 saturated heterocycles. The minimum Gasteiger partial charge on any atom is -0.377 e. The second kappa shape index (κ2) is 12.8. The number of amides is 3. The lowest BCUT2D eigenvalue weighted by Crippen LogP contribution is -2.51. The number of carbonyl (C=O) groups is 3. The fraction of sp³-hybridized carbons (Fsp3) is 0.324. The van der Waals surface area contributed by atoms with Crippen LogP contribution in [0.3, 0.4) is 0 Å². The normalized spacial score (nSPS) is 18.2. The summed E-state index contributed by atoms with van der Waals surface area (Å²) in [4.78, 5) is 42.1. The van der Waals surface area contributed by atoms with Gasteiger partial charge in [-0.05, 0) is 53.6 Å². The summed E-state index contributed by atoms with van der Waals surface area (Å²) in [6.07, 6.45) is 0. The van der Waals surface area contributed by atoms with Crippen LogP contribution in [-0.4, -0.2) is 60.7 Å². The van der Waals surface area contributed by atoms with E-state index in [1.54, 1.807) is 6.07 Å². The first-order chi connectivity index (χ1) is 20.7. The van der Waals surface area contributed by atoms with Crippen LogP contribution in [0.15, 0.2) is 73.3 Å². The predicted molar refractivity (Wildman–Crippen MR) is 169 cm³/mol. The van der Waals surface area contributed by atoms with Crippen molar-refractivity contribution in [3.8, 4) is 0 Å². The number of nitrogens with two attached hydrogens (primary N) is 1. The van der Waals surface area contributed by atoms with Crippen molar-refractivity contribution >= 4 is 29.0 Å². The molecule has 0 aliphatic carbocycles. The third kappa shape index (κ3) is 6.04. The highest BCUT2D eigenvalue weighted by Crippen LogP contribution is 2.49. The van der Waals surface area contributed by atoms with Gasteiger partial charge in [-0.2, -0.15) is 0 Å². The molecule has 5 N–H and O–H groups in total. The van der Waals surface area contributed by atoms with E-state index in [2.05, 4.69) is 46.9 Å². The monoisotopic (exact) mass is 580 g/mol. The number of nitrogen functional groups attached to an aromatic ring is 1. The number of nitrogens with zero attached hydrogens (tertiary/aromatic N) is 2. The van der Waals surface area contributed by atoms with Crippen molar-refractivity contribution in [3.63, 3.8) is 0 Å². The average Bonchev–Trinajstić information content (AvgIpc) is 3.04. The summed E-state index contributed by atoms with van der Waals surface area (Å²) >= 11 is 0. The van der Waals surface area contributed by atoms with Gasteiger partial charge in [-0.1, -0.05) is 62.9 Å². The smallest absolute Gasteiger partial charge is 0.265 e. The van der Waals surface area contributed by atoms with Crippen molar-refractivity contribution in [1.29, 1.82) is 0 Å². The largest absolute Gasteiger partial charge is 0.377 e. The van der Waals surface area contributed by atoms with Gasteiger partial charge in [-0.3, -0.25) is 19.8 Å². The molecule has 43 heavy (non-hydrogen) atoms. The van der Waals surface area contributed by atoms with Gasteiger partial charge in [0.15, 0.2) is 0 Å². The molecule has 3 aromatic rings. The Morgan fingerprint density at radius 2 is 1.56 bits per heavy atom. The Kier molecular flexibility index (Phi) is 8.94. The number of carbonyl (C=O) groups excluding carboxylic acids is 3. The number of hydrazine groups is 1. The summed E-state index contributed by atoms with van der Waals surface area (Å²) in [5.74, 6) is 4.93. The Balaban J connectivity index is 1.44. The Hall–Kier alpha value is -4.47. The van der Waals surface area contributed by atoms with E-state index in [4.69, 9.17) is 5.84 Å². The molecule has 0 aromatic heterocycles. The van der Waals surface area contributed by atoms with Crippen LogP contribution in [0, 0.1) is 5.92 Å². The fourth-order valence-corrected chi connectivity index (χ4v) is 6.12. The van der Waals surface area contributed by atoms with Crippen LogP contribution in [0.4, 0.5) is 5.69 Å². The molecule has 2 aliphatic heterocycles. The van der Waals surface area contributed by atoms with Crippen molar-refractivity contribution in [3.05, 3.63) is 107 Å². The fourth-order valence-electron chi connectivity index (χ4n) is 6.12. The summed E-state index contributed by atoms with van der Waals surface area (Å²) < 4.78 is 0. The number of anilines is 1. The summed E-state index contributed by atoms with van der Waals surface area (Å²) in [5, 5.41) is 6.85. The minimum atomic E-state index is -0.385. The zero-order chi connectivity index (χ0) is 30.7. The van der Waals surface area contributed by atoms with E-state index >= 15 is 0 Å². The summed E-state index contributed by atoms with van der Waals surface area (Å²) in [5.41, 5.74) is 8.87. The second-order valence-corrected chi connectivity index (χ2v) is 11.5. The zero-order valence-corrected chi connectivity index (χ0v) is 25.0. The van der Waals surface area contributed by atoms with E-state index in [0.717, 1.165) is 34.5 Å². The summed E-state index contributed by atoms with van der Waals surface area (Å²) in [7, 11) is 1.92. The lowest BCUT2D eigenvalue weighted by Gasteiger charge is -2.38. The lowest BCUT2D eigenvalue weighted by atomic mass is 9.75. The Morgan fingerprint density at radius 3 is 2.16 bits per heavy atom. The Labute approximate surface area is 253 Å². The van der Waals surface area contributed by atoms with Gasteiger partial charge in [-0.15, -0.1) is 0 Å². The van der Waals surface area contributed by atoms with Crippen molar-refractivity contribution in [2.75, 3.05) is 38.5 Å². The highest BCUT2D eigenvalue weighted by atomic mass is 16.2. The quantitative estimate of drug-likeness (QED) is 0.191. The molecule has 2 atom stereocenters. The van der Waals surface area contributed by atoms with E-state index in [9.17, 15) is 14.4 Å². The molecule has 9 nitrogen and oxygen atoms in total. The first-order valence-corrected chi connectivity index (χ1v) is 14.7. The van der Waals surface area contributed by atoms with Gasteiger partial charge >= 0.3 is 0 Å². The van der Waals surface area contributed by atoms with Crippen LogP contribution < -0.4 is 21.9 Å². The minimum absolute atomic E-state index is 0.0484. The molecule has 3 aromatic carbocycles. The summed E-state index contributed by atoms with van der Waals surface area (Å²) in [6, 6.07) is 21.5. The van der Waals surface area contributed by atoms with Crippen LogP contribution in [0.1, 0.15) is 68.8 Å². The molecular weight excluding hydrogens is 540 g/mol. The van der Waals surface area contributed by atoms with Gasteiger partial charge in [0, 0.05) is 61.4 Å². The average molecular weight is 581 g/mol. The van der Waals surface area contributed by atoms with Gasteiger partial charge < -0.3 is 20.4 Å². The molecular formula is C34H40N6O3. The molecule has 2 unspecified atom stereocenters. The van der Waals surface area contributed by atoms with Crippen LogP contribution in [0.2, 0.25) is 0 Å². The molecule has 224 valence electrons. The highest BCUT2D eigenvalue weighted by molar-refractivity contribution is 6.03. The zero-order valence-electron chi connectivity index (χ0n) is 25.0. The van der Waals surface area contributed by atoms with Crippen molar-refractivity contribution in [2.24, 2.45) is 11.8 Å². The maximum atomic E-state index is 13.4. The lowest BCUT2D eigenvalue weighted by molar-refractivity contribution is -0.135. The van der Waals surface area contributed by atoms with Crippen molar-refractivity contribution in [1.82, 2.24) is 20.5 Å². The Morgan fingerprint density at radius 1 is 0.930 bits per heavy atom. The number of piperazine rings is 1. The van der Waals surface area contributed by atoms with E-state index in [-0.39, 0.29) is 35.6 Å². The van der Waals surface area contributed by atoms with Crippen molar-refractivity contribution in [2.45, 2.75) is 32.4 Å². The van der Waals surface area contributed by atoms with Gasteiger partial charge in [0.2, 0.25) is 5.91 Å². The van der Waals surface area contributed by atoms with Gasteiger partial charge in [-0.25, -0.2) is 5.84 Å². The SMILES string of the molecule is C=C1c2c(cccc2C(=O)NN)NC(c2ccc(CNC)cc2)C1c1ccc(C(=O)N2CCN(C(=O)C(C)C)CC2)cc1. The molecule has 0 spiro atoms. The first-order valence-electron chi connectivity index (χ1n) is 14.7. The number of hydrogen-bond donors (Lipinski definition) is 4. The topological polar surface area (TPSA) is 120 Å². The first kappa shape index (κ1) is 30.0. The molecule has 1 fully saturated rings. The number of hydrogen-bond acceptors (Lipinski definition) is 6. The van der Waals surface area contributed by atoms with Crippen molar-refractivity contribution < 1.29 is 14.4 Å². The molecule has 2 heterocycles. The standard InChI is InChI=1S/C34H40N6O3/c1-21(2)33(42)39-16-18-40(19-17-39)34(43)26-14-12-24(13-15-26)29-22(3)30-27(32(41)38-35)6-5-7-28(30)37-31(29)25-10-8-23(9-11-25)20-36-4/h5-15,21,29,31,36-37H,3,16-20,35H2,1-2,4H3,(H,38,41). The third-order valence-electron chi connectivity index (χ3n) is 8.39. The molecule has 9 heteroatoms. The number of fused-ring (bicyclic) bond motifs is 1. The van der Waals surface area contributed by atoms with Crippen LogP contribution in [-0.2, 0) is 11.3 Å². The van der Waals surface area contributed by atoms with Gasteiger partial charge in [0.05, 0.1) is 11.6 Å². The van der Waals surface area contributed by atoms with Crippen LogP contribution >= 0.6 is 0 Å². The number of rotatable bonds is 7. The third-order valence-corrected chi connectivity index (χ3v) is 8.39. The maximum absolute atomic E-state index is 13.4. The molecule has 0 saturated carbocycles. The second-order valence-electron chi connectivity index (χ2n) is 11.5. The predicted octanol–water partition coefficient (Wildman–Crippen LogP) is 3.91. The molecule has 3 amide bonds.